The lowest BCUT2D eigenvalue weighted by Gasteiger charge is -2.26. The molecule has 1 aromatic rings. The van der Waals surface area contributed by atoms with E-state index in [1.807, 2.05) is 11.0 Å². The number of rotatable bonds is 5. The second kappa shape index (κ2) is 5.36. The Hall–Kier alpha value is -0.940. The Morgan fingerprint density at radius 1 is 1.56 bits per heavy atom. The van der Waals surface area contributed by atoms with Crippen molar-refractivity contribution >= 4 is 21.9 Å². The van der Waals surface area contributed by atoms with Gasteiger partial charge in [-0.25, -0.2) is 4.39 Å². The van der Waals surface area contributed by atoms with Crippen LogP contribution in [-0.2, 0) is 11.3 Å². The lowest BCUT2D eigenvalue weighted by Crippen LogP contribution is -2.40. The van der Waals surface area contributed by atoms with Crippen molar-refractivity contribution in [3.8, 4) is 0 Å². The topological polar surface area (TPSA) is 40.5 Å². The summed E-state index contributed by atoms with van der Waals surface area (Å²) in [7, 11) is 0. The predicted octanol–water partition coefficient (Wildman–Crippen LogP) is 3.03. The third-order valence-electron chi connectivity index (χ3n) is 3.16. The molecule has 0 saturated heterocycles. The van der Waals surface area contributed by atoms with Crippen molar-refractivity contribution in [1.82, 2.24) is 4.90 Å². The monoisotopic (exact) mass is 315 g/mol. The highest BCUT2D eigenvalue weighted by Gasteiger charge is 2.34. The molecule has 18 heavy (non-hydrogen) atoms. The smallest absolute Gasteiger partial charge is 0.320 e. The maximum atomic E-state index is 13.3. The molecular formula is C13H15BrFNO2. The molecular weight excluding hydrogens is 301 g/mol. The molecule has 0 amide bonds. The van der Waals surface area contributed by atoms with Gasteiger partial charge in [-0.2, -0.15) is 0 Å². The molecule has 1 unspecified atom stereocenters. The van der Waals surface area contributed by atoms with Gasteiger partial charge in [-0.05, 0) is 43.5 Å². The van der Waals surface area contributed by atoms with Gasteiger partial charge in [0.2, 0.25) is 0 Å². The zero-order valence-corrected chi connectivity index (χ0v) is 11.7. The maximum Gasteiger partial charge on any atom is 0.320 e. The summed E-state index contributed by atoms with van der Waals surface area (Å²) in [4.78, 5) is 13.0. The molecule has 1 aliphatic rings. The van der Waals surface area contributed by atoms with E-state index in [0.29, 0.717) is 17.1 Å². The first-order valence-electron chi connectivity index (χ1n) is 5.91. The van der Waals surface area contributed by atoms with Gasteiger partial charge in [0, 0.05) is 17.1 Å². The molecule has 1 aliphatic carbocycles. The summed E-state index contributed by atoms with van der Waals surface area (Å²) in [6, 6.07) is 4.45. The van der Waals surface area contributed by atoms with Crippen LogP contribution >= 0.6 is 15.9 Å². The molecule has 0 heterocycles. The molecule has 0 bridgehead atoms. The first-order chi connectivity index (χ1) is 8.47. The van der Waals surface area contributed by atoms with Crippen molar-refractivity contribution in [3.63, 3.8) is 0 Å². The van der Waals surface area contributed by atoms with Crippen LogP contribution in [0, 0.1) is 5.82 Å². The number of hydrogen-bond donors (Lipinski definition) is 1. The number of carbonyl (C=O) groups is 1. The van der Waals surface area contributed by atoms with Gasteiger partial charge in [-0.15, -0.1) is 0 Å². The van der Waals surface area contributed by atoms with Crippen LogP contribution in [0.4, 0.5) is 4.39 Å². The van der Waals surface area contributed by atoms with Crippen LogP contribution in [0.5, 0.6) is 0 Å². The Kier molecular flexibility index (Phi) is 4.02. The highest BCUT2D eigenvalue weighted by atomic mass is 79.9. The van der Waals surface area contributed by atoms with Crippen molar-refractivity contribution in [3.05, 3.63) is 34.1 Å². The van der Waals surface area contributed by atoms with E-state index in [4.69, 9.17) is 5.11 Å². The summed E-state index contributed by atoms with van der Waals surface area (Å²) in [5, 5.41) is 9.09. The van der Waals surface area contributed by atoms with Gasteiger partial charge in [0.1, 0.15) is 11.9 Å². The van der Waals surface area contributed by atoms with E-state index < -0.39 is 12.0 Å². The highest BCUT2D eigenvalue weighted by molar-refractivity contribution is 9.10. The maximum absolute atomic E-state index is 13.3. The average molecular weight is 316 g/mol. The largest absolute Gasteiger partial charge is 0.480 e. The SMILES string of the molecule is CC(C(=O)O)N(Cc1cc(F)cc(Br)c1)C1CC1. The molecule has 1 saturated carbocycles. The molecule has 1 aromatic carbocycles. The molecule has 3 nitrogen and oxygen atoms in total. The fraction of sp³-hybridized carbons (Fsp3) is 0.462. The van der Waals surface area contributed by atoms with Crippen molar-refractivity contribution < 1.29 is 14.3 Å². The highest BCUT2D eigenvalue weighted by Crippen LogP contribution is 2.30. The van der Waals surface area contributed by atoms with Gasteiger partial charge in [0.15, 0.2) is 0 Å². The van der Waals surface area contributed by atoms with Gasteiger partial charge in [0.25, 0.3) is 0 Å². The fourth-order valence-corrected chi connectivity index (χ4v) is 2.56. The summed E-state index contributed by atoms with van der Waals surface area (Å²) in [5.74, 6) is -1.14. The van der Waals surface area contributed by atoms with Crippen molar-refractivity contribution in [2.75, 3.05) is 0 Å². The molecule has 98 valence electrons. The van der Waals surface area contributed by atoms with Crippen LogP contribution < -0.4 is 0 Å². The second-order valence-electron chi connectivity index (χ2n) is 4.70. The van der Waals surface area contributed by atoms with Gasteiger partial charge in [0.05, 0.1) is 0 Å². The van der Waals surface area contributed by atoms with Gasteiger partial charge in [-0.1, -0.05) is 15.9 Å². The van der Waals surface area contributed by atoms with Crippen molar-refractivity contribution in [2.24, 2.45) is 0 Å². The van der Waals surface area contributed by atoms with E-state index in [0.717, 1.165) is 18.4 Å². The second-order valence-corrected chi connectivity index (χ2v) is 5.61. The quantitative estimate of drug-likeness (QED) is 0.908. The van der Waals surface area contributed by atoms with Crippen molar-refractivity contribution in [1.29, 1.82) is 0 Å². The first-order valence-corrected chi connectivity index (χ1v) is 6.70. The third-order valence-corrected chi connectivity index (χ3v) is 3.62. The standard InChI is InChI=1S/C13H15BrFNO2/c1-8(13(17)18)16(12-2-3-12)7-9-4-10(14)6-11(15)5-9/h4-6,8,12H,2-3,7H2,1H3,(H,17,18). The number of aliphatic carboxylic acids is 1. The summed E-state index contributed by atoms with van der Waals surface area (Å²) in [6.45, 7) is 2.14. The number of carboxylic acid groups (broad SMARTS) is 1. The zero-order chi connectivity index (χ0) is 13.3. The first kappa shape index (κ1) is 13.5. The molecule has 0 aromatic heterocycles. The van der Waals surface area contributed by atoms with E-state index in [9.17, 15) is 9.18 Å². The lowest BCUT2D eigenvalue weighted by atomic mass is 10.1. The molecule has 0 spiro atoms. The van der Waals surface area contributed by atoms with E-state index in [-0.39, 0.29) is 5.82 Å². The van der Waals surface area contributed by atoms with E-state index in [1.165, 1.54) is 12.1 Å². The molecule has 5 heteroatoms. The number of benzene rings is 1. The zero-order valence-electron chi connectivity index (χ0n) is 10.1. The normalized spacial score (nSPS) is 16.9. The van der Waals surface area contributed by atoms with Crippen LogP contribution in [0.2, 0.25) is 0 Å². The van der Waals surface area contributed by atoms with Crippen LogP contribution in [0.15, 0.2) is 22.7 Å². The van der Waals surface area contributed by atoms with Gasteiger partial charge >= 0.3 is 5.97 Å². The Labute approximate surface area is 114 Å². The Balaban J connectivity index is 2.15. The predicted molar refractivity (Wildman–Crippen MR) is 69.8 cm³/mol. The Bertz CT molecular complexity index is 442. The minimum Gasteiger partial charge on any atom is -0.480 e. The third kappa shape index (κ3) is 3.29. The molecule has 1 N–H and O–H groups in total. The summed E-state index contributed by atoms with van der Waals surface area (Å²) >= 11 is 3.25. The summed E-state index contributed by atoms with van der Waals surface area (Å²) in [5.41, 5.74) is 0.793. The van der Waals surface area contributed by atoms with E-state index >= 15 is 0 Å². The van der Waals surface area contributed by atoms with Crippen LogP contribution in [0.1, 0.15) is 25.3 Å². The fourth-order valence-electron chi connectivity index (χ4n) is 2.04. The Morgan fingerprint density at radius 2 is 2.22 bits per heavy atom. The molecule has 1 fully saturated rings. The van der Waals surface area contributed by atoms with Gasteiger partial charge < -0.3 is 5.11 Å². The summed E-state index contributed by atoms with van der Waals surface area (Å²) < 4.78 is 14.0. The van der Waals surface area contributed by atoms with Crippen LogP contribution in [-0.4, -0.2) is 28.1 Å². The average Bonchev–Trinajstić information content (AvgIpc) is 3.07. The number of nitrogens with zero attached hydrogens (tertiary/aromatic N) is 1. The molecule has 1 atom stereocenters. The molecule has 0 radical (unpaired) electrons. The molecule has 2 rings (SSSR count). The summed E-state index contributed by atoms with van der Waals surface area (Å²) in [6.07, 6.45) is 2.04. The number of halogens is 2. The van der Waals surface area contributed by atoms with Gasteiger partial charge in [-0.3, -0.25) is 9.69 Å². The Morgan fingerprint density at radius 3 is 2.72 bits per heavy atom. The van der Waals surface area contributed by atoms with E-state index in [1.54, 1.807) is 6.92 Å². The number of hydrogen-bond acceptors (Lipinski definition) is 2. The molecule has 0 aliphatic heterocycles. The minimum absolute atomic E-state index is 0.307. The van der Waals surface area contributed by atoms with Crippen LogP contribution in [0.3, 0.4) is 0 Å². The minimum atomic E-state index is -0.836. The number of carboxylic acids is 1. The van der Waals surface area contributed by atoms with E-state index in [2.05, 4.69) is 15.9 Å². The lowest BCUT2D eigenvalue weighted by molar-refractivity contribution is -0.143. The van der Waals surface area contributed by atoms with Crippen molar-refractivity contribution in [2.45, 2.75) is 38.4 Å². The van der Waals surface area contributed by atoms with Crippen LogP contribution in [0.25, 0.3) is 0 Å².